The van der Waals surface area contributed by atoms with Crippen molar-refractivity contribution in [3.63, 3.8) is 0 Å². The highest BCUT2D eigenvalue weighted by atomic mass is 16.6. The average Bonchev–Trinajstić information content (AvgIpc) is 3.29. The van der Waals surface area contributed by atoms with E-state index < -0.39 is 11.9 Å². The molecule has 0 saturated carbocycles. The van der Waals surface area contributed by atoms with E-state index in [4.69, 9.17) is 9.47 Å². The number of fused-ring (bicyclic) bond motifs is 2. The molecule has 0 radical (unpaired) electrons. The van der Waals surface area contributed by atoms with Gasteiger partial charge in [-0.05, 0) is 119 Å². The monoisotopic (exact) mass is 558 g/mol. The van der Waals surface area contributed by atoms with Crippen molar-refractivity contribution < 1.29 is 19.1 Å². The van der Waals surface area contributed by atoms with Crippen molar-refractivity contribution >= 4 is 11.9 Å². The molecule has 0 aromatic heterocycles. The number of aryl methyl sites for hydroxylation is 4. The van der Waals surface area contributed by atoms with E-state index in [1.54, 1.807) is 24.3 Å². The standard InChI is InChI=1S/C38H38O4/c1-21(2)27-15-13-23(5)35-29(19-27)25(7)17-31(35)37(39)41-33-11-9-10-12-34(33)42-38(40)32-18-26(8)30-20-28(22(3)4)16-14-24(6)36(30)32/h9-22H,1-8H3. The van der Waals surface area contributed by atoms with Crippen LogP contribution < -0.4 is 9.47 Å². The molecule has 1 aromatic rings. The molecule has 0 saturated heterocycles. The molecule has 214 valence electrons. The smallest absolute Gasteiger partial charge is 0.344 e. The van der Waals surface area contributed by atoms with Crippen LogP contribution in [-0.2, 0) is 0 Å². The van der Waals surface area contributed by atoms with E-state index in [1.807, 2.05) is 39.8 Å². The molecule has 4 aliphatic carbocycles. The van der Waals surface area contributed by atoms with Crippen molar-refractivity contribution in [1.29, 1.82) is 0 Å². The molecule has 0 spiro atoms. The molecule has 0 amide bonds. The number of carbonyl (C=O) groups excluding carboxylic acids is 2. The molecule has 0 N–H and O–H groups in total. The summed E-state index contributed by atoms with van der Waals surface area (Å²) in [5, 5.41) is 0. The minimum Gasteiger partial charge on any atom is -0.419 e. The van der Waals surface area contributed by atoms with E-state index >= 15 is 0 Å². The van der Waals surface area contributed by atoms with E-state index in [-0.39, 0.29) is 11.5 Å². The van der Waals surface area contributed by atoms with Crippen LogP contribution in [0, 0.1) is 27.7 Å². The van der Waals surface area contributed by atoms with Gasteiger partial charge < -0.3 is 9.47 Å². The van der Waals surface area contributed by atoms with Crippen LogP contribution in [0.3, 0.4) is 0 Å². The molecule has 4 aliphatic rings. The highest BCUT2D eigenvalue weighted by Crippen LogP contribution is 2.39. The van der Waals surface area contributed by atoms with Crippen LogP contribution in [-0.4, -0.2) is 11.9 Å². The molecule has 0 aliphatic heterocycles. The number of ether oxygens (including phenoxy) is 2. The van der Waals surface area contributed by atoms with E-state index in [0.717, 1.165) is 44.5 Å². The Morgan fingerprint density at radius 2 is 0.905 bits per heavy atom. The molecule has 42 heavy (non-hydrogen) atoms. The zero-order valence-corrected chi connectivity index (χ0v) is 25.7. The number of hydrogen-bond donors (Lipinski definition) is 0. The molecule has 0 bridgehead atoms. The number of carbonyl (C=O) groups is 2. The van der Waals surface area contributed by atoms with Crippen molar-refractivity contribution in [3.8, 4) is 33.8 Å². The molecule has 4 nitrogen and oxygen atoms in total. The Kier molecular flexibility index (Phi) is 7.92. The van der Waals surface area contributed by atoms with Gasteiger partial charge >= 0.3 is 11.9 Å². The summed E-state index contributed by atoms with van der Waals surface area (Å²) in [5.74, 6) is 0.129. The summed E-state index contributed by atoms with van der Waals surface area (Å²) in [5.41, 5.74) is 11.3. The van der Waals surface area contributed by atoms with Gasteiger partial charge in [0.25, 0.3) is 0 Å². The van der Waals surface area contributed by atoms with Gasteiger partial charge in [0.05, 0.1) is 11.1 Å². The first-order valence-electron chi connectivity index (χ1n) is 14.6. The van der Waals surface area contributed by atoms with E-state index in [9.17, 15) is 9.59 Å². The van der Waals surface area contributed by atoms with Crippen LogP contribution in [0.4, 0.5) is 0 Å². The van der Waals surface area contributed by atoms with Gasteiger partial charge in [-0.2, -0.15) is 0 Å². The fraction of sp³-hybridized carbons (Fsp3) is 0.263. The lowest BCUT2D eigenvalue weighted by Crippen LogP contribution is -2.13. The van der Waals surface area contributed by atoms with Gasteiger partial charge in [-0.3, -0.25) is 0 Å². The summed E-state index contributed by atoms with van der Waals surface area (Å²) in [7, 11) is 0. The molecule has 4 heteroatoms. The number of para-hydroxylation sites is 2. The molecule has 0 fully saturated rings. The van der Waals surface area contributed by atoms with Crippen LogP contribution in [0.2, 0.25) is 0 Å². The molecular formula is C38H38O4. The van der Waals surface area contributed by atoms with E-state index in [1.165, 1.54) is 11.1 Å². The van der Waals surface area contributed by atoms with Gasteiger partial charge in [0.1, 0.15) is 0 Å². The summed E-state index contributed by atoms with van der Waals surface area (Å²) in [6, 6.07) is 23.2. The fourth-order valence-corrected chi connectivity index (χ4v) is 5.65. The maximum absolute atomic E-state index is 13.6. The zero-order valence-electron chi connectivity index (χ0n) is 25.7. The summed E-state index contributed by atoms with van der Waals surface area (Å²) in [6.07, 6.45) is 0. The average molecular weight is 559 g/mol. The number of esters is 2. The Morgan fingerprint density at radius 1 is 0.524 bits per heavy atom. The second-order valence-corrected chi connectivity index (χ2v) is 11.9. The second kappa shape index (κ2) is 11.4. The zero-order chi connectivity index (χ0) is 30.3. The minimum absolute atomic E-state index is 0.195. The fourth-order valence-electron chi connectivity index (χ4n) is 5.65. The van der Waals surface area contributed by atoms with Crippen LogP contribution in [0.15, 0.2) is 72.8 Å². The third-order valence-corrected chi connectivity index (χ3v) is 8.14. The lowest BCUT2D eigenvalue weighted by Gasteiger charge is -2.12. The second-order valence-electron chi connectivity index (χ2n) is 11.9. The largest absolute Gasteiger partial charge is 0.419 e. The Balaban J connectivity index is 1.46. The Morgan fingerprint density at radius 3 is 1.26 bits per heavy atom. The van der Waals surface area contributed by atoms with E-state index in [2.05, 4.69) is 64.1 Å². The van der Waals surface area contributed by atoms with Gasteiger partial charge in [0, 0.05) is 0 Å². The minimum atomic E-state index is -0.490. The van der Waals surface area contributed by atoms with Crippen molar-refractivity contribution in [2.75, 3.05) is 0 Å². The first-order chi connectivity index (χ1) is 20.0. The Labute approximate surface area is 249 Å². The predicted octanol–water partition coefficient (Wildman–Crippen LogP) is 9.82. The van der Waals surface area contributed by atoms with Gasteiger partial charge in [0.2, 0.25) is 0 Å². The van der Waals surface area contributed by atoms with Gasteiger partial charge in [-0.25, -0.2) is 9.59 Å². The highest BCUT2D eigenvalue weighted by Gasteiger charge is 2.26. The lowest BCUT2D eigenvalue weighted by molar-refractivity contribution is 0.0683. The molecule has 0 heterocycles. The first-order valence-corrected chi connectivity index (χ1v) is 14.6. The Hall–Kier alpha value is -4.44. The third-order valence-electron chi connectivity index (χ3n) is 8.14. The van der Waals surface area contributed by atoms with Gasteiger partial charge in [-0.15, -0.1) is 0 Å². The SMILES string of the molecule is Cc1cc(C(=O)Oc2ccccc2OC(=O)c2cc(C)c3cc(C(C)C)ccc(C)c2-3)c2c(C)ccc(C(C)C)cc1-2. The van der Waals surface area contributed by atoms with Crippen molar-refractivity contribution in [1.82, 2.24) is 0 Å². The maximum atomic E-state index is 13.6. The highest BCUT2D eigenvalue weighted by molar-refractivity contribution is 6.03. The van der Waals surface area contributed by atoms with Crippen molar-refractivity contribution in [3.05, 3.63) is 117 Å². The van der Waals surface area contributed by atoms with Crippen LogP contribution in [0.1, 0.15) is 93.6 Å². The molecule has 0 unspecified atom stereocenters. The number of hydrogen-bond acceptors (Lipinski definition) is 4. The number of benzene rings is 1. The Bertz CT molecular complexity index is 1630. The van der Waals surface area contributed by atoms with Gasteiger partial charge in [0.15, 0.2) is 11.5 Å². The summed E-state index contributed by atoms with van der Waals surface area (Å²) < 4.78 is 11.8. The quantitative estimate of drug-likeness (QED) is 0.154. The number of rotatable bonds is 6. The third kappa shape index (κ3) is 5.42. The van der Waals surface area contributed by atoms with Gasteiger partial charge in [-0.1, -0.05) is 76.2 Å². The molecular weight excluding hydrogens is 520 g/mol. The first kappa shape index (κ1) is 29.1. The lowest BCUT2D eigenvalue weighted by atomic mass is 10.0. The molecule has 0 atom stereocenters. The topological polar surface area (TPSA) is 52.6 Å². The summed E-state index contributed by atoms with van der Waals surface area (Å²) >= 11 is 0. The van der Waals surface area contributed by atoms with Crippen LogP contribution in [0.5, 0.6) is 11.5 Å². The normalized spacial score (nSPS) is 11.5. The predicted molar refractivity (Wildman–Crippen MR) is 170 cm³/mol. The molecule has 1 aromatic carbocycles. The molecule has 5 rings (SSSR count). The maximum Gasteiger partial charge on any atom is 0.344 e. The van der Waals surface area contributed by atoms with Crippen molar-refractivity contribution in [2.45, 2.75) is 67.2 Å². The van der Waals surface area contributed by atoms with Crippen molar-refractivity contribution in [2.24, 2.45) is 0 Å². The van der Waals surface area contributed by atoms with Crippen LogP contribution in [0.25, 0.3) is 22.3 Å². The van der Waals surface area contributed by atoms with E-state index in [0.29, 0.717) is 23.0 Å². The summed E-state index contributed by atoms with van der Waals surface area (Å²) in [4.78, 5) is 27.2. The summed E-state index contributed by atoms with van der Waals surface area (Å²) in [6.45, 7) is 16.7. The van der Waals surface area contributed by atoms with Crippen LogP contribution >= 0.6 is 0 Å².